The minimum absolute atomic E-state index is 0.109. The van der Waals surface area contributed by atoms with Crippen molar-refractivity contribution in [1.82, 2.24) is 19.5 Å². The fourth-order valence-electron chi connectivity index (χ4n) is 3.76. The van der Waals surface area contributed by atoms with Crippen LogP contribution in [0, 0.1) is 5.92 Å². The maximum atomic E-state index is 9.16. The first-order valence-corrected chi connectivity index (χ1v) is 9.01. The third-order valence-corrected chi connectivity index (χ3v) is 5.07. The lowest BCUT2D eigenvalue weighted by Gasteiger charge is -2.32. The minimum atomic E-state index is 0.109. The van der Waals surface area contributed by atoms with Crippen LogP contribution in [-0.4, -0.2) is 37.7 Å². The van der Waals surface area contributed by atoms with Gasteiger partial charge in [0, 0.05) is 25.7 Å². The van der Waals surface area contributed by atoms with Gasteiger partial charge in [-0.15, -0.1) is 10.2 Å². The highest BCUT2D eigenvalue weighted by molar-refractivity contribution is 5.37. The second-order valence-electron chi connectivity index (χ2n) is 6.97. The van der Waals surface area contributed by atoms with Crippen molar-refractivity contribution < 1.29 is 5.11 Å². The number of benzene rings is 1. The van der Waals surface area contributed by atoms with Gasteiger partial charge in [0.05, 0.1) is 6.61 Å². The Labute approximate surface area is 147 Å². The fraction of sp³-hybridized carbons (Fsp3) is 0.400. The minimum Gasteiger partial charge on any atom is -0.392 e. The van der Waals surface area contributed by atoms with Gasteiger partial charge in [-0.3, -0.25) is 9.30 Å². The van der Waals surface area contributed by atoms with E-state index in [1.165, 1.54) is 18.4 Å². The number of fused-ring (bicyclic) bond motifs is 1. The summed E-state index contributed by atoms with van der Waals surface area (Å²) in [5.74, 6) is 1.69. The molecule has 3 heterocycles. The molecule has 1 fully saturated rings. The van der Waals surface area contributed by atoms with Crippen molar-refractivity contribution in [2.75, 3.05) is 13.1 Å². The monoisotopic (exact) mass is 336 g/mol. The van der Waals surface area contributed by atoms with Crippen LogP contribution in [0.25, 0.3) is 5.65 Å². The van der Waals surface area contributed by atoms with Crippen molar-refractivity contribution in [3.05, 3.63) is 65.6 Å². The summed E-state index contributed by atoms with van der Waals surface area (Å²) < 4.78 is 2.10. The molecule has 130 valence electrons. The molecule has 1 aliphatic heterocycles. The number of piperidine rings is 1. The molecule has 2 aromatic heterocycles. The van der Waals surface area contributed by atoms with Crippen LogP contribution in [-0.2, 0) is 19.6 Å². The van der Waals surface area contributed by atoms with Gasteiger partial charge in [-0.2, -0.15) is 0 Å². The smallest absolute Gasteiger partial charge is 0.160 e. The molecule has 1 saturated heterocycles. The fourth-order valence-corrected chi connectivity index (χ4v) is 3.76. The van der Waals surface area contributed by atoms with E-state index in [-0.39, 0.29) is 6.61 Å². The highest BCUT2D eigenvalue weighted by atomic mass is 16.3. The van der Waals surface area contributed by atoms with Gasteiger partial charge >= 0.3 is 0 Å². The number of aromatic nitrogens is 3. The van der Waals surface area contributed by atoms with Crippen LogP contribution in [0.5, 0.6) is 0 Å². The van der Waals surface area contributed by atoms with Crippen molar-refractivity contribution >= 4 is 5.65 Å². The van der Waals surface area contributed by atoms with Crippen molar-refractivity contribution in [2.45, 2.75) is 32.4 Å². The zero-order valence-corrected chi connectivity index (χ0v) is 14.4. The lowest BCUT2D eigenvalue weighted by Crippen LogP contribution is -2.36. The predicted molar refractivity (Wildman–Crippen MR) is 97.1 cm³/mol. The molecule has 0 radical (unpaired) electrons. The molecule has 1 atom stereocenters. The molecule has 0 amide bonds. The molecule has 4 rings (SSSR count). The van der Waals surface area contributed by atoms with E-state index in [4.69, 9.17) is 5.11 Å². The van der Waals surface area contributed by atoms with Gasteiger partial charge in [-0.25, -0.2) is 0 Å². The first-order valence-electron chi connectivity index (χ1n) is 9.01. The van der Waals surface area contributed by atoms with Crippen molar-refractivity contribution in [3.63, 3.8) is 0 Å². The third kappa shape index (κ3) is 3.72. The Kier molecular flexibility index (Phi) is 4.76. The molecule has 0 bridgehead atoms. The van der Waals surface area contributed by atoms with Gasteiger partial charge in [-0.05, 0) is 48.6 Å². The molecular weight excluding hydrogens is 312 g/mol. The highest BCUT2D eigenvalue weighted by Gasteiger charge is 2.22. The van der Waals surface area contributed by atoms with Crippen molar-refractivity contribution in [2.24, 2.45) is 5.92 Å². The molecule has 0 aliphatic carbocycles. The van der Waals surface area contributed by atoms with Crippen LogP contribution < -0.4 is 0 Å². The number of rotatable bonds is 5. The summed E-state index contributed by atoms with van der Waals surface area (Å²) in [6.45, 7) is 3.34. The van der Waals surface area contributed by atoms with E-state index < -0.39 is 0 Å². The Morgan fingerprint density at radius 3 is 2.72 bits per heavy atom. The predicted octanol–water partition coefficient (Wildman–Crippen LogP) is 2.68. The lowest BCUT2D eigenvalue weighted by atomic mass is 9.94. The van der Waals surface area contributed by atoms with Crippen LogP contribution in [0.3, 0.4) is 0 Å². The van der Waals surface area contributed by atoms with Crippen molar-refractivity contribution in [1.29, 1.82) is 0 Å². The topological polar surface area (TPSA) is 53.7 Å². The first kappa shape index (κ1) is 16.2. The van der Waals surface area contributed by atoms with Gasteiger partial charge < -0.3 is 5.11 Å². The van der Waals surface area contributed by atoms with Gasteiger partial charge in [0.25, 0.3) is 0 Å². The summed E-state index contributed by atoms with van der Waals surface area (Å²) in [7, 11) is 0. The summed E-state index contributed by atoms with van der Waals surface area (Å²) in [6.07, 6.45) is 5.51. The maximum absolute atomic E-state index is 9.16. The molecule has 25 heavy (non-hydrogen) atoms. The molecule has 0 spiro atoms. The van der Waals surface area contributed by atoms with E-state index in [9.17, 15) is 0 Å². The van der Waals surface area contributed by atoms with Crippen LogP contribution >= 0.6 is 0 Å². The van der Waals surface area contributed by atoms with E-state index in [1.807, 2.05) is 36.5 Å². The summed E-state index contributed by atoms with van der Waals surface area (Å²) in [4.78, 5) is 2.53. The molecular formula is C20H24N4O. The number of nitrogens with zero attached hydrogens (tertiary/aromatic N) is 4. The standard InChI is InChI=1S/C20H24N4O/c25-15-17-8-6-16(7-9-17)13-23-10-3-4-18(14-23)12-20-22-21-19-5-1-2-11-24(19)20/h1-2,5-9,11,18,25H,3-4,10,12-15H2. The Morgan fingerprint density at radius 1 is 1.04 bits per heavy atom. The quantitative estimate of drug-likeness (QED) is 0.778. The lowest BCUT2D eigenvalue weighted by molar-refractivity contribution is 0.165. The van der Waals surface area contributed by atoms with Gasteiger partial charge in [0.1, 0.15) is 5.82 Å². The maximum Gasteiger partial charge on any atom is 0.160 e. The first-order chi connectivity index (χ1) is 12.3. The average molecular weight is 336 g/mol. The van der Waals surface area contributed by atoms with Crippen LogP contribution in [0.1, 0.15) is 29.8 Å². The Hall–Kier alpha value is -2.24. The zero-order chi connectivity index (χ0) is 17.1. The summed E-state index contributed by atoms with van der Waals surface area (Å²) in [5.41, 5.74) is 3.21. The second-order valence-corrected chi connectivity index (χ2v) is 6.97. The van der Waals surface area contributed by atoms with E-state index >= 15 is 0 Å². The number of aliphatic hydroxyl groups is 1. The summed E-state index contributed by atoms with van der Waals surface area (Å²) in [6, 6.07) is 14.3. The Balaban J connectivity index is 1.40. The molecule has 1 N–H and O–H groups in total. The SMILES string of the molecule is OCc1ccc(CN2CCCC(Cc3nnc4ccccn34)C2)cc1. The van der Waals surface area contributed by atoms with Crippen LogP contribution in [0.15, 0.2) is 48.7 Å². The van der Waals surface area contributed by atoms with E-state index in [0.717, 1.165) is 43.1 Å². The number of aliphatic hydroxyl groups excluding tert-OH is 1. The molecule has 1 unspecified atom stereocenters. The van der Waals surface area contributed by atoms with Crippen LogP contribution in [0.2, 0.25) is 0 Å². The van der Waals surface area contributed by atoms with Gasteiger partial charge in [-0.1, -0.05) is 30.3 Å². The largest absolute Gasteiger partial charge is 0.392 e. The zero-order valence-electron chi connectivity index (χ0n) is 14.4. The van der Waals surface area contributed by atoms with E-state index in [0.29, 0.717) is 5.92 Å². The van der Waals surface area contributed by atoms with E-state index in [1.54, 1.807) is 0 Å². The molecule has 5 heteroatoms. The Bertz CT molecular complexity index is 827. The molecule has 0 saturated carbocycles. The third-order valence-electron chi connectivity index (χ3n) is 5.07. The van der Waals surface area contributed by atoms with Gasteiger partial charge in [0.15, 0.2) is 5.65 Å². The Morgan fingerprint density at radius 2 is 1.88 bits per heavy atom. The molecule has 5 nitrogen and oxygen atoms in total. The molecule has 1 aliphatic rings. The normalized spacial score (nSPS) is 18.7. The highest BCUT2D eigenvalue weighted by Crippen LogP contribution is 2.22. The number of likely N-dealkylation sites (tertiary alicyclic amines) is 1. The van der Waals surface area contributed by atoms with Crippen molar-refractivity contribution in [3.8, 4) is 0 Å². The second kappa shape index (κ2) is 7.33. The molecule has 1 aromatic carbocycles. The molecule has 3 aromatic rings. The van der Waals surface area contributed by atoms with Crippen LogP contribution in [0.4, 0.5) is 0 Å². The summed E-state index contributed by atoms with van der Waals surface area (Å²) in [5, 5.41) is 17.8. The van der Waals surface area contributed by atoms with Gasteiger partial charge in [0.2, 0.25) is 0 Å². The number of hydrogen-bond donors (Lipinski definition) is 1. The number of pyridine rings is 1. The summed E-state index contributed by atoms with van der Waals surface area (Å²) >= 11 is 0. The average Bonchev–Trinajstić information content (AvgIpc) is 3.06. The van der Waals surface area contributed by atoms with E-state index in [2.05, 4.69) is 31.6 Å². The number of hydrogen-bond acceptors (Lipinski definition) is 4.